The van der Waals surface area contributed by atoms with E-state index in [9.17, 15) is 9.90 Å². The number of nitrogens with one attached hydrogen (secondary N) is 1. The maximum atomic E-state index is 12.6. The van der Waals surface area contributed by atoms with E-state index in [0.29, 0.717) is 5.13 Å². The van der Waals surface area contributed by atoms with Gasteiger partial charge in [-0.3, -0.25) is 9.69 Å². The van der Waals surface area contributed by atoms with Crippen LogP contribution in [0.5, 0.6) is 0 Å². The molecule has 1 saturated heterocycles. The molecule has 23 heavy (non-hydrogen) atoms. The number of thiazole rings is 1. The van der Waals surface area contributed by atoms with Crippen molar-refractivity contribution >= 4 is 32.6 Å². The summed E-state index contributed by atoms with van der Waals surface area (Å²) in [6.45, 7) is 4.65. The highest BCUT2D eigenvalue weighted by Gasteiger charge is 2.32. The van der Waals surface area contributed by atoms with E-state index in [-0.39, 0.29) is 24.1 Å². The number of benzene rings is 1. The first-order valence-corrected chi connectivity index (χ1v) is 8.96. The van der Waals surface area contributed by atoms with E-state index < -0.39 is 0 Å². The molecule has 0 radical (unpaired) electrons. The van der Waals surface area contributed by atoms with Crippen LogP contribution in [-0.4, -0.2) is 45.6 Å². The van der Waals surface area contributed by atoms with Gasteiger partial charge < -0.3 is 10.4 Å². The summed E-state index contributed by atoms with van der Waals surface area (Å²) >= 11 is 1.50. The first-order chi connectivity index (χ1) is 11.0. The standard InChI is InChI=1S/C17H23N3O2S/c1-11(21)10-13-6-5-9-20(13)12(2)16(22)19-17-18-14-7-3-4-8-15(14)23-17/h3-4,7-8,11-13,21H,5-6,9-10H2,1-2H3,(H,18,19,22). The fourth-order valence-electron chi connectivity index (χ4n) is 3.30. The summed E-state index contributed by atoms with van der Waals surface area (Å²) in [5.41, 5.74) is 0.911. The van der Waals surface area contributed by atoms with E-state index in [1.54, 1.807) is 0 Å². The van der Waals surface area contributed by atoms with Gasteiger partial charge in [-0.05, 0) is 51.8 Å². The number of likely N-dealkylation sites (tertiary alicyclic amines) is 1. The van der Waals surface area contributed by atoms with Crippen molar-refractivity contribution in [2.24, 2.45) is 0 Å². The van der Waals surface area contributed by atoms with Gasteiger partial charge in [0.1, 0.15) is 0 Å². The Balaban J connectivity index is 1.67. The lowest BCUT2D eigenvalue weighted by atomic mass is 10.1. The molecule has 0 saturated carbocycles. The third-order valence-electron chi connectivity index (χ3n) is 4.44. The number of fused-ring (bicyclic) bond motifs is 1. The van der Waals surface area contributed by atoms with Crippen LogP contribution in [0.3, 0.4) is 0 Å². The van der Waals surface area contributed by atoms with Crippen LogP contribution < -0.4 is 5.32 Å². The molecule has 1 amide bonds. The van der Waals surface area contributed by atoms with Crippen molar-refractivity contribution < 1.29 is 9.90 Å². The van der Waals surface area contributed by atoms with E-state index >= 15 is 0 Å². The van der Waals surface area contributed by atoms with E-state index in [0.717, 1.165) is 36.0 Å². The first-order valence-electron chi connectivity index (χ1n) is 8.15. The minimum absolute atomic E-state index is 0.0263. The van der Waals surface area contributed by atoms with Gasteiger partial charge in [0.05, 0.1) is 22.4 Å². The maximum Gasteiger partial charge on any atom is 0.243 e. The molecule has 6 heteroatoms. The molecule has 1 aliphatic rings. The molecule has 0 spiro atoms. The molecule has 1 aromatic heterocycles. The van der Waals surface area contributed by atoms with Crippen molar-refractivity contribution in [1.29, 1.82) is 0 Å². The molecule has 2 aromatic rings. The van der Waals surface area contributed by atoms with E-state index in [1.165, 1.54) is 11.3 Å². The number of hydrogen-bond acceptors (Lipinski definition) is 5. The van der Waals surface area contributed by atoms with Crippen LogP contribution in [0.2, 0.25) is 0 Å². The number of hydrogen-bond donors (Lipinski definition) is 2. The second-order valence-electron chi connectivity index (χ2n) is 6.27. The number of carbonyl (C=O) groups excluding carboxylic acids is 1. The Bertz CT molecular complexity index is 652. The summed E-state index contributed by atoms with van der Waals surface area (Å²) in [5.74, 6) is -0.0263. The fraction of sp³-hybridized carbons (Fsp3) is 0.529. The van der Waals surface area contributed by atoms with Crippen molar-refractivity contribution in [3.63, 3.8) is 0 Å². The molecular formula is C17H23N3O2S. The molecular weight excluding hydrogens is 310 g/mol. The molecule has 0 bridgehead atoms. The minimum Gasteiger partial charge on any atom is -0.393 e. The smallest absolute Gasteiger partial charge is 0.243 e. The molecule has 1 aromatic carbocycles. The van der Waals surface area contributed by atoms with Gasteiger partial charge >= 0.3 is 0 Å². The van der Waals surface area contributed by atoms with Gasteiger partial charge in [0, 0.05) is 6.04 Å². The molecule has 2 heterocycles. The van der Waals surface area contributed by atoms with Gasteiger partial charge in [0.2, 0.25) is 5.91 Å². The van der Waals surface area contributed by atoms with Crippen LogP contribution in [0.1, 0.15) is 33.1 Å². The van der Waals surface area contributed by atoms with Crippen LogP contribution in [0.4, 0.5) is 5.13 Å². The monoisotopic (exact) mass is 333 g/mol. The average molecular weight is 333 g/mol. The molecule has 1 fully saturated rings. The number of carbonyl (C=O) groups is 1. The largest absolute Gasteiger partial charge is 0.393 e. The highest BCUT2D eigenvalue weighted by molar-refractivity contribution is 7.22. The summed E-state index contributed by atoms with van der Waals surface area (Å²) in [5, 5.41) is 13.2. The maximum absolute atomic E-state index is 12.6. The number of para-hydroxylation sites is 1. The number of aliphatic hydroxyl groups is 1. The lowest BCUT2D eigenvalue weighted by Gasteiger charge is -2.30. The fourth-order valence-corrected chi connectivity index (χ4v) is 4.17. The minimum atomic E-state index is -0.333. The highest BCUT2D eigenvalue weighted by Crippen LogP contribution is 2.27. The SMILES string of the molecule is CC(O)CC1CCCN1C(C)C(=O)Nc1nc2ccccc2s1. The van der Waals surface area contributed by atoms with Crippen molar-refractivity contribution in [2.75, 3.05) is 11.9 Å². The summed E-state index contributed by atoms with van der Waals surface area (Å²) < 4.78 is 1.07. The number of amides is 1. The van der Waals surface area contributed by atoms with Gasteiger partial charge in [-0.25, -0.2) is 4.98 Å². The van der Waals surface area contributed by atoms with E-state index in [4.69, 9.17) is 0 Å². The third-order valence-corrected chi connectivity index (χ3v) is 5.39. The van der Waals surface area contributed by atoms with Crippen LogP contribution in [0, 0.1) is 0 Å². The normalized spacial score (nSPS) is 21.4. The van der Waals surface area contributed by atoms with Crippen LogP contribution >= 0.6 is 11.3 Å². The van der Waals surface area contributed by atoms with Crippen LogP contribution in [0.25, 0.3) is 10.2 Å². The molecule has 2 N–H and O–H groups in total. The zero-order valence-electron chi connectivity index (χ0n) is 13.5. The summed E-state index contributed by atoms with van der Waals surface area (Å²) in [7, 11) is 0. The Hall–Kier alpha value is -1.50. The Labute approximate surface area is 140 Å². The first kappa shape index (κ1) is 16.4. The Morgan fingerprint density at radius 2 is 2.26 bits per heavy atom. The molecule has 5 nitrogen and oxygen atoms in total. The summed E-state index contributed by atoms with van der Waals surface area (Å²) in [4.78, 5) is 19.2. The average Bonchev–Trinajstić information content (AvgIpc) is 3.11. The van der Waals surface area contributed by atoms with E-state index in [1.807, 2.05) is 38.1 Å². The number of aromatic nitrogens is 1. The van der Waals surface area contributed by atoms with Crippen molar-refractivity contribution in [3.05, 3.63) is 24.3 Å². The van der Waals surface area contributed by atoms with Gasteiger partial charge in [-0.15, -0.1) is 0 Å². The predicted octanol–water partition coefficient (Wildman–Crippen LogP) is 2.86. The zero-order chi connectivity index (χ0) is 16.4. The topological polar surface area (TPSA) is 65.5 Å². The quantitative estimate of drug-likeness (QED) is 0.883. The number of nitrogens with zero attached hydrogens (tertiary/aromatic N) is 2. The van der Waals surface area contributed by atoms with Crippen LogP contribution in [-0.2, 0) is 4.79 Å². The Kier molecular flexibility index (Phi) is 4.94. The Morgan fingerprint density at radius 1 is 1.48 bits per heavy atom. The van der Waals surface area contributed by atoms with E-state index in [2.05, 4.69) is 15.2 Å². The van der Waals surface area contributed by atoms with Crippen LogP contribution in [0.15, 0.2) is 24.3 Å². The number of anilines is 1. The molecule has 3 atom stereocenters. The predicted molar refractivity (Wildman–Crippen MR) is 93.7 cm³/mol. The number of aliphatic hydroxyl groups excluding tert-OH is 1. The van der Waals surface area contributed by atoms with Crippen molar-refractivity contribution in [1.82, 2.24) is 9.88 Å². The Morgan fingerprint density at radius 3 is 3.00 bits per heavy atom. The lowest BCUT2D eigenvalue weighted by molar-refractivity contribution is -0.121. The molecule has 124 valence electrons. The zero-order valence-corrected chi connectivity index (χ0v) is 14.3. The van der Waals surface area contributed by atoms with Gasteiger partial charge in [0.25, 0.3) is 0 Å². The molecule has 0 aliphatic carbocycles. The number of rotatable bonds is 5. The molecule has 3 unspecified atom stereocenters. The third kappa shape index (κ3) is 3.71. The summed E-state index contributed by atoms with van der Waals surface area (Å²) in [6.07, 6.45) is 2.51. The van der Waals surface area contributed by atoms with Gasteiger partial charge in [-0.1, -0.05) is 23.5 Å². The molecule has 3 rings (SSSR count). The lowest BCUT2D eigenvalue weighted by Crippen LogP contribution is -2.45. The molecule has 1 aliphatic heterocycles. The summed E-state index contributed by atoms with van der Waals surface area (Å²) in [6, 6.07) is 7.94. The highest BCUT2D eigenvalue weighted by atomic mass is 32.1. The van der Waals surface area contributed by atoms with Gasteiger partial charge in [-0.2, -0.15) is 0 Å². The van der Waals surface area contributed by atoms with Gasteiger partial charge in [0.15, 0.2) is 5.13 Å². The second-order valence-corrected chi connectivity index (χ2v) is 7.30. The van der Waals surface area contributed by atoms with Crippen molar-refractivity contribution in [3.8, 4) is 0 Å². The van der Waals surface area contributed by atoms with Crippen molar-refractivity contribution in [2.45, 2.75) is 51.3 Å². The second kappa shape index (κ2) is 6.95.